The second-order valence-electron chi connectivity index (χ2n) is 7.66. The Hall–Kier alpha value is -2.06. The minimum absolute atomic E-state index is 0.0429. The van der Waals surface area contributed by atoms with Crippen molar-refractivity contribution in [2.75, 3.05) is 19.7 Å². The molecule has 9 heteroatoms. The van der Waals surface area contributed by atoms with Crippen molar-refractivity contribution in [1.29, 1.82) is 0 Å². The van der Waals surface area contributed by atoms with Gasteiger partial charge in [-0.3, -0.25) is 4.79 Å². The Labute approximate surface area is 169 Å². The minimum Gasteiger partial charge on any atom is -0.493 e. The van der Waals surface area contributed by atoms with Crippen LogP contribution in [-0.2, 0) is 11.2 Å². The standard InChI is InChI=1S/C19H27ClFN3O4/c1-5-28-17-11(6-7-23-24(18(26)27)19(2,3)4)8-13(20)16(21)15(17)12-9-14(25)22-10-12/h8,12,23H,5-7,9-10H2,1-4H3,(H,22,25)(H,26,27)/t12-/m0/s1. The molecule has 7 nitrogen and oxygen atoms in total. The molecule has 0 unspecified atom stereocenters. The lowest BCUT2D eigenvalue weighted by atomic mass is 9.93. The highest BCUT2D eigenvalue weighted by Gasteiger charge is 2.31. The lowest BCUT2D eigenvalue weighted by Crippen LogP contribution is -2.53. The summed E-state index contributed by atoms with van der Waals surface area (Å²) in [7, 11) is 0. The second kappa shape index (κ2) is 8.96. The summed E-state index contributed by atoms with van der Waals surface area (Å²) in [4.78, 5) is 23.0. The van der Waals surface area contributed by atoms with Crippen LogP contribution in [0.1, 0.15) is 51.2 Å². The SMILES string of the molecule is CCOc1c(CCNN(C(=O)O)C(C)(C)C)cc(Cl)c(F)c1[C@@H]1CNC(=O)C1. The van der Waals surface area contributed by atoms with E-state index in [0.717, 1.165) is 5.01 Å². The van der Waals surface area contributed by atoms with E-state index >= 15 is 0 Å². The Bertz CT molecular complexity index is 752. The van der Waals surface area contributed by atoms with Crippen LogP contribution in [0.5, 0.6) is 5.75 Å². The predicted molar refractivity (Wildman–Crippen MR) is 104 cm³/mol. The van der Waals surface area contributed by atoms with Crippen molar-refractivity contribution in [3.05, 3.63) is 28.0 Å². The smallest absolute Gasteiger partial charge is 0.422 e. The molecule has 2 rings (SSSR count). The van der Waals surface area contributed by atoms with Crippen molar-refractivity contribution in [1.82, 2.24) is 15.8 Å². The Balaban J connectivity index is 2.29. The van der Waals surface area contributed by atoms with Gasteiger partial charge >= 0.3 is 6.09 Å². The van der Waals surface area contributed by atoms with Crippen molar-refractivity contribution < 1.29 is 23.8 Å². The molecule has 0 saturated carbocycles. The molecule has 1 aliphatic heterocycles. The second-order valence-corrected chi connectivity index (χ2v) is 8.07. The zero-order valence-electron chi connectivity index (χ0n) is 16.6. The molecule has 156 valence electrons. The topological polar surface area (TPSA) is 90.9 Å². The molecule has 1 atom stereocenters. The Morgan fingerprint density at radius 2 is 2.18 bits per heavy atom. The maximum absolute atomic E-state index is 14.8. The van der Waals surface area contributed by atoms with E-state index in [-0.39, 0.29) is 29.8 Å². The third-order valence-corrected chi connectivity index (χ3v) is 4.76. The predicted octanol–water partition coefficient (Wildman–Crippen LogP) is 3.31. The fourth-order valence-corrected chi connectivity index (χ4v) is 3.49. The minimum atomic E-state index is -1.09. The highest BCUT2D eigenvalue weighted by molar-refractivity contribution is 6.31. The molecule has 1 aromatic rings. The number of benzene rings is 1. The average Bonchev–Trinajstić information content (AvgIpc) is 3.00. The molecule has 28 heavy (non-hydrogen) atoms. The van der Waals surface area contributed by atoms with Crippen LogP contribution in [0.25, 0.3) is 0 Å². The van der Waals surface area contributed by atoms with Crippen molar-refractivity contribution >= 4 is 23.6 Å². The van der Waals surface area contributed by atoms with E-state index in [1.807, 2.05) is 0 Å². The first kappa shape index (κ1) is 22.2. The molecule has 2 amide bonds. The van der Waals surface area contributed by atoms with Gasteiger partial charge in [0.15, 0.2) is 0 Å². The van der Waals surface area contributed by atoms with Gasteiger partial charge in [-0.2, -0.15) is 0 Å². The lowest BCUT2D eigenvalue weighted by molar-refractivity contribution is -0.119. The molecule has 1 fully saturated rings. The number of carboxylic acid groups (broad SMARTS) is 1. The number of hydrazine groups is 1. The summed E-state index contributed by atoms with van der Waals surface area (Å²) in [6.45, 7) is 8.05. The zero-order chi connectivity index (χ0) is 21.1. The van der Waals surface area contributed by atoms with Gasteiger partial charge in [0.2, 0.25) is 5.91 Å². The fraction of sp³-hybridized carbons (Fsp3) is 0.579. The summed E-state index contributed by atoms with van der Waals surface area (Å²) in [5.41, 5.74) is 3.21. The van der Waals surface area contributed by atoms with Crippen LogP contribution >= 0.6 is 11.6 Å². The quantitative estimate of drug-likeness (QED) is 0.594. The first-order valence-corrected chi connectivity index (χ1v) is 9.61. The van der Waals surface area contributed by atoms with E-state index < -0.39 is 17.4 Å². The van der Waals surface area contributed by atoms with Crippen molar-refractivity contribution in [2.24, 2.45) is 0 Å². The highest BCUT2D eigenvalue weighted by atomic mass is 35.5. The van der Waals surface area contributed by atoms with Crippen molar-refractivity contribution in [2.45, 2.75) is 52.0 Å². The van der Waals surface area contributed by atoms with Gasteiger partial charge in [-0.1, -0.05) is 11.6 Å². The number of carbonyl (C=O) groups excluding carboxylic acids is 1. The molecule has 0 radical (unpaired) electrons. The van der Waals surface area contributed by atoms with Gasteiger partial charge in [-0.15, -0.1) is 0 Å². The number of hydrogen-bond acceptors (Lipinski definition) is 4. The van der Waals surface area contributed by atoms with Crippen LogP contribution in [0, 0.1) is 5.82 Å². The van der Waals surface area contributed by atoms with Gasteiger partial charge in [0.05, 0.1) is 17.2 Å². The molecule has 1 aromatic carbocycles. The molecular weight excluding hydrogens is 389 g/mol. The summed E-state index contributed by atoms with van der Waals surface area (Å²) >= 11 is 6.11. The third-order valence-electron chi connectivity index (χ3n) is 4.48. The highest BCUT2D eigenvalue weighted by Crippen LogP contribution is 2.39. The molecule has 1 aliphatic rings. The zero-order valence-corrected chi connectivity index (χ0v) is 17.3. The van der Waals surface area contributed by atoms with E-state index in [0.29, 0.717) is 36.4 Å². The number of nitrogens with one attached hydrogen (secondary N) is 2. The third kappa shape index (κ3) is 5.05. The number of nitrogens with zero attached hydrogens (tertiary/aromatic N) is 1. The van der Waals surface area contributed by atoms with Gasteiger partial charge in [0.25, 0.3) is 0 Å². The number of hydrogen-bond donors (Lipinski definition) is 3. The van der Waals surface area contributed by atoms with Crippen LogP contribution in [0.2, 0.25) is 5.02 Å². The van der Waals surface area contributed by atoms with Gasteiger partial charge in [0, 0.05) is 31.0 Å². The summed E-state index contributed by atoms with van der Waals surface area (Å²) in [5, 5.41) is 13.2. The molecule has 1 saturated heterocycles. The number of halogens is 2. The number of ether oxygens (including phenoxy) is 1. The van der Waals surface area contributed by atoms with Crippen LogP contribution < -0.4 is 15.5 Å². The molecule has 0 bridgehead atoms. The lowest BCUT2D eigenvalue weighted by Gasteiger charge is -2.33. The maximum atomic E-state index is 14.8. The molecule has 1 heterocycles. The fourth-order valence-electron chi connectivity index (χ4n) is 3.25. The van der Waals surface area contributed by atoms with E-state index in [2.05, 4.69) is 10.7 Å². The van der Waals surface area contributed by atoms with Crippen LogP contribution in [0.4, 0.5) is 9.18 Å². The van der Waals surface area contributed by atoms with Gasteiger partial charge in [-0.25, -0.2) is 19.6 Å². The number of carbonyl (C=O) groups is 2. The summed E-state index contributed by atoms with van der Waals surface area (Å²) < 4.78 is 20.5. The molecule has 3 N–H and O–H groups in total. The first-order valence-electron chi connectivity index (χ1n) is 9.23. The number of rotatable bonds is 7. The van der Waals surface area contributed by atoms with E-state index in [1.165, 1.54) is 6.07 Å². The Morgan fingerprint density at radius 3 is 2.68 bits per heavy atom. The molecule has 0 aliphatic carbocycles. The summed E-state index contributed by atoms with van der Waals surface area (Å²) in [6, 6.07) is 1.50. The van der Waals surface area contributed by atoms with E-state index in [1.54, 1.807) is 27.7 Å². The first-order chi connectivity index (χ1) is 13.1. The Morgan fingerprint density at radius 1 is 1.50 bits per heavy atom. The monoisotopic (exact) mass is 415 g/mol. The van der Waals surface area contributed by atoms with Crippen LogP contribution in [-0.4, -0.2) is 47.4 Å². The van der Waals surface area contributed by atoms with Gasteiger partial charge in [-0.05, 0) is 45.7 Å². The molecule has 0 spiro atoms. The van der Waals surface area contributed by atoms with Crippen molar-refractivity contribution in [3.63, 3.8) is 0 Å². The van der Waals surface area contributed by atoms with Crippen LogP contribution in [0.3, 0.4) is 0 Å². The molecular formula is C19H27ClFN3O4. The Kier molecular flexibility index (Phi) is 7.11. The average molecular weight is 416 g/mol. The molecule has 0 aromatic heterocycles. The van der Waals surface area contributed by atoms with Crippen molar-refractivity contribution in [3.8, 4) is 5.75 Å². The summed E-state index contributed by atoms with van der Waals surface area (Å²) in [5.74, 6) is -0.697. The normalized spacial score (nSPS) is 16.8. The van der Waals surface area contributed by atoms with E-state index in [9.17, 15) is 19.1 Å². The maximum Gasteiger partial charge on any atom is 0.422 e. The largest absolute Gasteiger partial charge is 0.493 e. The van der Waals surface area contributed by atoms with Crippen LogP contribution in [0.15, 0.2) is 6.07 Å². The van der Waals surface area contributed by atoms with E-state index in [4.69, 9.17) is 16.3 Å². The van der Waals surface area contributed by atoms with Gasteiger partial charge in [0.1, 0.15) is 11.6 Å². The number of amides is 2. The van der Waals surface area contributed by atoms with Gasteiger partial charge < -0.3 is 15.2 Å². The summed E-state index contributed by atoms with van der Waals surface area (Å²) in [6.07, 6.45) is -0.548.